The smallest absolute Gasteiger partial charge is 0.253 e. The first-order chi connectivity index (χ1) is 8.58. The third-order valence-electron chi connectivity index (χ3n) is 3.57. The van der Waals surface area contributed by atoms with Crippen molar-refractivity contribution in [1.29, 1.82) is 0 Å². The molecule has 1 fully saturated rings. The van der Waals surface area contributed by atoms with Crippen molar-refractivity contribution in [2.45, 2.75) is 25.1 Å². The Bertz CT molecular complexity index is 410. The van der Waals surface area contributed by atoms with Crippen LogP contribution in [0.2, 0.25) is 0 Å². The highest BCUT2D eigenvalue weighted by molar-refractivity contribution is 14.1. The van der Waals surface area contributed by atoms with Crippen LogP contribution in [0.1, 0.15) is 30.1 Å². The van der Waals surface area contributed by atoms with E-state index in [1.54, 1.807) is 0 Å². The minimum atomic E-state index is 0.145. The first-order valence-electron chi connectivity index (χ1n) is 6.27. The molecule has 1 aliphatic heterocycles. The summed E-state index contributed by atoms with van der Waals surface area (Å²) in [5.41, 5.74) is 0.785. The number of hydrogen-bond donors (Lipinski definition) is 0. The first kappa shape index (κ1) is 14.1. The Kier molecular flexibility index (Phi) is 4.90. The molecule has 1 saturated heterocycles. The maximum atomic E-state index is 12.3. The Hall–Kier alpha value is -0.290. The van der Waals surface area contributed by atoms with E-state index >= 15 is 0 Å². The lowest BCUT2D eigenvalue weighted by Gasteiger charge is -2.33. The fraction of sp³-hybridized carbons (Fsp3) is 0.500. The number of halogens is 2. The molecule has 98 valence electrons. The second-order valence-corrected chi connectivity index (χ2v) is 6.75. The molecule has 0 saturated carbocycles. The molecule has 1 amide bonds. The van der Waals surface area contributed by atoms with Gasteiger partial charge in [0.25, 0.3) is 5.91 Å². The molecular formula is C14H17ClINO. The Labute approximate surface area is 127 Å². The lowest BCUT2D eigenvalue weighted by Crippen LogP contribution is -2.40. The predicted molar refractivity (Wildman–Crippen MR) is 83.1 cm³/mol. The summed E-state index contributed by atoms with van der Waals surface area (Å²) in [6.45, 7) is 3.70. The number of piperidine rings is 1. The molecule has 4 heteroatoms. The zero-order valence-electron chi connectivity index (χ0n) is 10.4. The summed E-state index contributed by atoms with van der Waals surface area (Å²) in [4.78, 5) is 14.2. The molecule has 1 heterocycles. The summed E-state index contributed by atoms with van der Waals surface area (Å²) in [6, 6.07) is 7.75. The van der Waals surface area contributed by atoms with Gasteiger partial charge >= 0.3 is 0 Å². The van der Waals surface area contributed by atoms with Crippen molar-refractivity contribution in [3.05, 3.63) is 33.4 Å². The van der Waals surface area contributed by atoms with Crippen LogP contribution in [0.4, 0.5) is 0 Å². The summed E-state index contributed by atoms with van der Waals surface area (Å²) >= 11 is 8.36. The van der Waals surface area contributed by atoms with E-state index < -0.39 is 0 Å². The van der Waals surface area contributed by atoms with E-state index in [1.165, 1.54) is 0 Å². The highest BCUT2D eigenvalue weighted by Crippen LogP contribution is 2.24. The van der Waals surface area contributed by atoms with Gasteiger partial charge < -0.3 is 4.90 Å². The van der Waals surface area contributed by atoms with Crippen LogP contribution < -0.4 is 0 Å². The summed E-state index contributed by atoms with van der Waals surface area (Å²) < 4.78 is 1.15. The van der Waals surface area contributed by atoms with Crippen LogP contribution in [-0.2, 0) is 0 Å². The topological polar surface area (TPSA) is 20.3 Å². The molecule has 0 N–H and O–H groups in total. The van der Waals surface area contributed by atoms with Gasteiger partial charge in [-0.3, -0.25) is 4.79 Å². The average molecular weight is 378 g/mol. The Morgan fingerprint density at radius 2 is 1.89 bits per heavy atom. The molecule has 18 heavy (non-hydrogen) atoms. The number of likely N-dealkylation sites (tertiary alicyclic amines) is 1. The van der Waals surface area contributed by atoms with E-state index in [2.05, 4.69) is 22.6 Å². The first-order valence-corrected chi connectivity index (χ1v) is 7.78. The van der Waals surface area contributed by atoms with Crippen molar-refractivity contribution in [3.63, 3.8) is 0 Å². The maximum Gasteiger partial charge on any atom is 0.253 e. The van der Waals surface area contributed by atoms with Gasteiger partial charge in [-0.1, -0.05) is 0 Å². The van der Waals surface area contributed by atoms with E-state index in [9.17, 15) is 4.79 Å². The Balaban J connectivity index is 1.97. The largest absolute Gasteiger partial charge is 0.339 e. The highest BCUT2D eigenvalue weighted by Gasteiger charge is 2.25. The average Bonchev–Trinajstić information content (AvgIpc) is 2.39. The summed E-state index contributed by atoms with van der Waals surface area (Å²) in [7, 11) is 0. The van der Waals surface area contributed by atoms with Crippen LogP contribution in [0.25, 0.3) is 0 Å². The van der Waals surface area contributed by atoms with E-state index in [0.717, 1.165) is 35.1 Å². The van der Waals surface area contributed by atoms with E-state index in [1.807, 2.05) is 36.1 Å². The van der Waals surface area contributed by atoms with E-state index in [-0.39, 0.29) is 11.3 Å². The molecule has 2 nitrogen and oxygen atoms in total. The number of carbonyl (C=O) groups excluding carboxylic acids is 1. The van der Waals surface area contributed by atoms with Crippen LogP contribution in [0, 0.1) is 9.49 Å². The van der Waals surface area contributed by atoms with Gasteiger partial charge in [-0.05, 0) is 72.5 Å². The second kappa shape index (κ2) is 6.24. The lowest BCUT2D eigenvalue weighted by atomic mass is 9.93. The molecule has 0 spiro atoms. The van der Waals surface area contributed by atoms with Gasteiger partial charge in [-0.25, -0.2) is 0 Å². The highest BCUT2D eigenvalue weighted by atomic mass is 127. The number of nitrogens with zero attached hydrogens (tertiary/aromatic N) is 1. The van der Waals surface area contributed by atoms with Gasteiger partial charge in [0.2, 0.25) is 0 Å². The van der Waals surface area contributed by atoms with Gasteiger partial charge in [0.05, 0.1) is 0 Å². The fourth-order valence-corrected chi connectivity index (χ4v) is 2.95. The fourth-order valence-electron chi connectivity index (χ4n) is 2.34. The third kappa shape index (κ3) is 3.38. The normalized spacial score (nSPS) is 18.7. The monoisotopic (exact) mass is 377 g/mol. The number of carbonyl (C=O) groups is 1. The zero-order chi connectivity index (χ0) is 13.1. The molecule has 0 aromatic heterocycles. The number of benzene rings is 1. The van der Waals surface area contributed by atoms with Crippen molar-refractivity contribution in [1.82, 2.24) is 4.90 Å². The van der Waals surface area contributed by atoms with Crippen LogP contribution >= 0.6 is 34.2 Å². The molecule has 1 aliphatic rings. The summed E-state index contributed by atoms with van der Waals surface area (Å²) in [5, 5.41) is 0.209. The van der Waals surface area contributed by atoms with E-state index in [0.29, 0.717) is 5.92 Å². The standard InChI is InChI=1S/C14H17ClINO/c1-10(15)11-6-8-17(9-7-11)14(18)12-2-4-13(16)5-3-12/h2-5,10-11H,6-9H2,1H3. The molecule has 0 bridgehead atoms. The summed E-state index contributed by atoms with van der Waals surface area (Å²) in [6.07, 6.45) is 2.03. The molecule has 0 aliphatic carbocycles. The SMILES string of the molecule is CC(Cl)C1CCN(C(=O)c2ccc(I)cc2)CC1. The molecule has 1 atom stereocenters. The van der Waals surface area contributed by atoms with Crippen LogP contribution in [0.5, 0.6) is 0 Å². The van der Waals surface area contributed by atoms with E-state index in [4.69, 9.17) is 11.6 Å². The molecule has 2 rings (SSSR count). The van der Waals surface area contributed by atoms with Crippen molar-refractivity contribution in [2.24, 2.45) is 5.92 Å². The van der Waals surface area contributed by atoms with Gasteiger partial charge in [-0.15, -0.1) is 11.6 Å². The Morgan fingerprint density at radius 1 is 1.33 bits per heavy atom. The minimum Gasteiger partial charge on any atom is -0.339 e. The van der Waals surface area contributed by atoms with Gasteiger partial charge in [0.1, 0.15) is 0 Å². The van der Waals surface area contributed by atoms with Gasteiger partial charge in [0, 0.05) is 27.6 Å². The predicted octanol–water partition coefficient (Wildman–Crippen LogP) is 3.77. The van der Waals surface area contributed by atoms with Crippen molar-refractivity contribution >= 4 is 40.1 Å². The van der Waals surface area contributed by atoms with Gasteiger partial charge in [-0.2, -0.15) is 0 Å². The lowest BCUT2D eigenvalue weighted by molar-refractivity contribution is 0.0690. The molecule has 1 unspecified atom stereocenters. The molecule has 0 radical (unpaired) electrons. The van der Waals surface area contributed by atoms with Crippen LogP contribution in [0.3, 0.4) is 0 Å². The number of hydrogen-bond acceptors (Lipinski definition) is 1. The van der Waals surface area contributed by atoms with Crippen LogP contribution in [-0.4, -0.2) is 29.3 Å². The van der Waals surface area contributed by atoms with Gasteiger partial charge in [0.15, 0.2) is 0 Å². The second-order valence-electron chi connectivity index (χ2n) is 4.81. The molecular weight excluding hydrogens is 361 g/mol. The number of amides is 1. The molecule has 1 aromatic rings. The quantitative estimate of drug-likeness (QED) is 0.567. The summed E-state index contributed by atoms with van der Waals surface area (Å²) in [5.74, 6) is 0.694. The molecule has 1 aromatic carbocycles. The van der Waals surface area contributed by atoms with Crippen molar-refractivity contribution in [3.8, 4) is 0 Å². The minimum absolute atomic E-state index is 0.145. The third-order valence-corrected chi connectivity index (χ3v) is 4.64. The number of rotatable bonds is 2. The van der Waals surface area contributed by atoms with Crippen molar-refractivity contribution in [2.75, 3.05) is 13.1 Å². The Morgan fingerprint density at radius 3 is 2.39 bits per heavy atom. The zero-order valence-corrected chi connectivity index (χ0v) is 13.3. The number of alkyl halides is 1. The van der Waals surface area contributed by atoms with Crippen LogP contribution in [0.15, 0.2) is 24.3 Å². The maximum absolute atomic E-state index is 12.3. The van der Waals surface area contributed by atoms with Crippen molar-refractivity contribution < 1.29 is 4.79 Å².